The Balaban J connectivity index is 1.44. The quantitative estimate of drug-likeness (QED) is 0.805. The predicted octanol–water partition coefficient (Wildman–Crippen LogP) is 1.03. The van der Waals surface area contributed by atoms with Gasteiger partial charge in [-0.05, 0) is 31.5 Å². The van der Waals surface area contributed by atoms with E-state index < -0.39 is 0 Å². The van der Waals surface area contributed by atoms with Crippen molar-refractivity contribution in [2.24, 2.45) is 5.92 Å². The van der Waals surface area contributed by atoms with Crippen LogP contribution in [0.4, 0.5) is 5.69 Å². The second kappa shape index (κ2) is 9.29. The lowest BCUT2D eigenvalue weighted by Gasteiger charge is -2.35. The predicted molar refractivity (Wildman–Crippen MR) is 97.5 cm³/mol. The fourth-order valence-electron chi connectivity index (χ4n) is 3.64. The van der Waals surface area contributed by atoms with Crippen LogP contribution in [0.5, 0.6) is 0 Å². The van der Waals surface area contributed by atoms with Gasteiger partial charge in [0.2, 0.25) is 5.91 Å². The molecule has 6 nitrogen and oxygen atoms in total. The minimum absolute atomic E-state index is 0.00968. The molecule has 0 aromatic heterocycles. The van der Waals surface area contributed by atoms with Crippen LogP contribution >= 0.6 is 0 Å². The molecule has 2 aliphatic heterocycles. The van der Waals surface area contributed by atoms with E-state index in [0.29, 0.717) is 13.1 Å². The molecule has 1 aromatic rings. The maximum absolute atomic E-state index is 12.5. The second-order valence-corrected chi connectivity index (χ2v) is 7.02. The number of carbonyl (C=O) groups is 1. The van der Waals surface area contributed by atoms with Gasteiger partial charge in [0.1, 0.15) is 0 Å². The smallest absolute Gasteiger partial charge is 0.228 e. The molecule has 25 heavy (non-hydrogen) atoms. The number of ether oxygens (including phenoxy) is 1. The molecule has 2 N–H and O–H groups in total. The van der Waals surface area contributed by atoms with Gasteiger partial charge < -0.3 is 15.2 Å². The van der Waals surface area contributed by atoms with Crippen molar-refractivity contribution in [1.82, 2.24) is 9.80 Å². The van der Waals surface area contributed by atoms with E-state index in [2.05, 4.69) is 15.1 Å². The van der Waals surface area contributed by atoms with Crippen LogP contribution in [0.1, 0.15) is 12.8 Å². The van der Waals surface area contributed by atoms with E-state index in [1.165, 1.54) is 0 Å². The van der Waals surface area contributed by atoms with Gasteiger partial charge in [-0.3, -0.25) is 14.6 Å². The van der Waals surface area contributed by atoms with E-state index in [4.69, 9.17) is 4.74 Å². The Morgan fingerprint density at radius 3 is 2.64 bits per heavy atom. The molecular weight excluding hydrogens is 318 g/mol. The number of anilines is 1. The van der Waals surface area contributed by atoms with Crippen molar-refractivity contribution in [2.75, 3.05) is 57.8 Å². The lowest BCUT2D eigenvalue weighted by atomic mass is 9.96. The van der Waals surface area contributed by atoms with Crippen molar-refractivity contribution in [3.05, 3.63) is 30.3 Å². The van der Waals surface area contributed by atoms with E-state index >= 15 is 0 Å². The van der Waals surface area contributed by atoms with E-state index in [1.54, 1.807) is 0 Å². The van der Waals surface area contributed by atoms with Crippen LogP contribution in [-0.4, -0.2) is 79.4 Å². The average Bonchev–Trinajstić information content (AvgIpc) is 2.63. The first kappa shape index (κ1) is 18.3. The molecule has 2 heterocycles. The number of β-amino-alcohol motifs (C(OH)–C–C–N with tert-alkyl or cyclic N) is 1. The number of nitrogens with one attached hydrogen (secondary N) is 1. The molecule has 138 valence electrons. The molecule has 0 unspecified atom stereocenters. The Morgan fingerprint density at radius 2 is 1.88 bits per heavy atom. The lowest BCUT2D eigenvalue weighted by molar-refractivity contribution is -0.121. The third-order valence-corrected chi connectivity index (χ3v) is 4.96. The molecule has 0 radical (unpaired) electrons. The molecule has 2 aliphatic rings. The summed E-state index contributed by atoms with van der Waals surface area (Å²) in [7, 11) is 0. The van der Waals surface area contributed by atoms with Crippen molar-refractivity contribution in [2.45, 2.75) is 18.9 Å². The number of morpholine rings is 1. The van der Waals surface area contributed by atoms with Gasteiger partial charge in [0, 0.05) is 38.4 Å². The van der Waals surface area contributed by atoms with E-state index in [-0.39, 0.29) is 17.9 Å². The minimum Gasteiger partial charge on any atom is -0.390 e. The molecule has 1 amide bonds. The van der Waals surface area contributed by atoms with Gasteiger partial charge in [-0.2, -0.15) is 0 Å². The first-order valence-electron chi connectivity index (χ1n) is 9.27. The highest BCUT2D eigenvalue weighted by molar-refractivity contribution is 5.92. The van der Waals surface area contributed by atoms with Gasteiger partial charge in [-0.15, -0.1) is 0 Å². The summed E-state index contributed by atoms with van der Waals surface area (Å²) in [4.78, 5) is 17.0. The molecule has 2 fully saturated rings. The summed E-state index contributed by atoms with van der Waals surface area (Å²) in [5, 5.41) is 13.4. The Labute approximate surface area is 149 Å². The van der Waals surface area contributed by atoms with Crippen LogP contribution in [0.2, 0.25) is 0 Å². The highest BCUT2D eigenvalue weighted by Gasteiger charge is 2.27. The Kier molecular flexibility index (Phi) is 6.81. The molecule has 2 saturated heterocycles. The Hall–Kier alpha value is -1.47. The van der Waals surface area contributed by atoms with Gasteiger partial charge in [0.25, 0.3) is 0 Å². The molecule has 6 heteroatoms. The monoisotopic (exact) mass is 347 g/mol. The molecule has 0 spiro atoms. The Morgan fingerprint density at radius 1 is 1.16 bits per heavy atom. The van der Waals surface area contributed by atoms with E-state index in [0.717, 1.165) is 57.9 Å². The maximum Gasteiger partial charge on any atom is 0.228 e. The standard InChI is InChI=1S/C19H29N3O3/c23-18(14-21-9-11-25-12-10-21)15-22-8-4-5-16(13-22)19(24)20-17-6-2-1-3-7-17/h1-3,6-7,16,18,23H,4-5,8-15H2,(H,20,24)/t16-,18+/m1/s1. The number of hydrogen-bond donors (Lipinski definition) is 2. The molecule has 0 bridgehead atoms. The summed E-state index contributed by atoms with van der Waals surface area (Å²) >= 11 is 0. The number of nitrogens with zero attached hydrogens (tertiary/aromatic N) is 2. The molecule has 3 rings (SSSR count). The van der Waals surface area contributed by atoms with Gasteiger partial charge in [0.05, 0.1) is 25.2 Å². The van der Waals surface area contributed by atoms with Crippen molar-refractivity contribution in [1.29, 1.82) is 0 Å². The molecule has 0 aliphatic carbocycles. The van der Waals surface area contributed by atoms with Crippen LogP contribution in [0.25, 0.3) is 0 Å². The highest BCUT2D eigenvalue weighted by atomic mass is 16.5. The number of piperidine rings is 1. The van der Waals surface area contributed by atoms with Crippen molar-refractivity contribution in [3.8, 4) is 0 Å². The van der Waals surface area contributed by atoms with Gasteiger partial charge in [-0.25, -0.2) is 0 Å². The summed E-state index contributed by atoms with van der Waals surface area (Å²) < 4.78 is 5.34. The van der Waals surface area contributed by atoms with Crippen molar-refractivity contribution >= 4 is 11.6 Å². The van der Waals surface area contributed by atoms with Crippen LogP contribution < -0.4 is 5.32 Å². The largest absolute Gasteiger partial charge is 0.390 e. The third kappa shape index (κ3) is 5.78. The maximum atomic E-state index is 12.5. The first-order valence-corrected chi connectivity index (χ1v) is 9.27. The number of para-hydroxylation sites is 1. The third-order valence-electron chi connectivity index (χ3n) is 4.96. The molecular formula is C19H29N3O3. The van der Waals surface area contributed by atoms with Crippen molar-refractivity contribution < 1.29 is 14.6 Å². The summed E-state index contributed by atoms with van der Waals surface area (Å²) in [5.74, 6) is 0.0723. The number of carbonyl (C=O) groups excluding carboxylic acids is 1. The zero-order chi connectivity index (χ0) is 17.5. The number of rotatable bonds is 6. The van der Waals surface area contributed by atoms with Crippen LogP contribution in [0, 0.1) is 5.92 Å². The Bertz CT molecular complexity index is 534. The number of benzene rings is 1. The zero-order valence-corrected chi connectivity index (χ0v) is 14.8. The number of amides is 1. The normalized spacial score (nSPS) is 24.0. The van der Waals surface area contributed by atoms with Crippen molar-refractivity contribution in [3.63, 3.8) is 0 Å². The van der Waals surface area contributed by atoms with Gasteiger partial charge >= 0.3 is 0 Å². The lowest BCUT2D eigenvalue weighted by Crippen LogP contribution is -2.47. The van der Waals surface area contributed by atoms with Crippen LogP contribution in [-0.2, 0) is 9.53 Å². The number of aliphatic hydroxyl groups excluding tert-OH is 1. The fraction of sp³-hybridized carbons (Fsp3) is 0.632. The number of hydrogen-bond acceptors (Lipinski definition) is 5. The highest BCUT2D eigenvalue weighted by Crippen LogP contribution is 2.19. The summed E-state index contributed by atoms with van der Waals surface area (Å²) in [6, 6.07) is 9.60. The number of likely N-dealkylation sites (tertiary alicyclic amines) is 1. The van der Waals surface area contributed by atoms with E-state index in [9.17, 15) is 9.90 Å². The molecule has 0 saturated carbocycles. The van der Waals surface area contributed by atoms with Gasteiger partial charge in [-0.1, -0.05) is 18.2 Å². The minimum atomic E-state index is -0.381. The van der Waals surface area contributed by atoms with Crippen LogP contribution in [0.3, 0.4) is 0 Å². The van der Waals surface area contributed by atoms with Gasteiger partial charge in [0.15, 0.2) is 0 Å². The zero-order valence-electron chi connectivity index (χ0n) is 14.8. The second-order valence-electron chi connectivity index (χ2n) is 7.02. The summed E-state index contributed by atoms with van der Waals surface area (Å²) in [5.41, 5.74) is 0.844. The molecule has 1 aromatic carbocycles. The van der Waals surface area contributed by atoms with E-state index in [1.807, 2.05) is 30.3 Å². The first-order chi connectivity index (χ1) is 12.2. The number of aliphatic hydroxyl groups is 1. The van der Waals surface area contributed by atoms with Crippen LogP contribution in [0.15, 0.2) is 30.3 Å². The summed E-state index contributed by atoms with van der Waals surface area (Å²) in [6.07, 6.45) is 1.53. The average molecular weight is 347 g/mol. The molecule has 2 atom stereocenters. The fourth-order valence-corrected chi connectivity index (χ4v) is 3.64. The summed E-state index contributed by atoms with van der Waals surface area (Å²) in [6.45, 7) is 6.26. The topological polar surface area (TPSA) is 65.0 Å². The SMILES string of the molecule is O=C(Nc1ccccc1)[C@@H]1CCCN(C[C@@H](O)CN2CCOCC2)C1.